The molecular formula is C13H20N2O2. The maximum atomic E-state index is 11.7. The van der Waals surface area contributed by atoms with Gasteiger partial charge in [0.05, 0.1) is 0 Å². The number of anilines is 1. The van der Waals surface area contributed by atoms with Crippen molar-refractivity contribution in [1.82, 2.24) is 5.32 Å². The van der Waals surface area contributed by atoms with E-state index in [4.69, 9.17) is 0 Å². The lowest BCUT2D eigenvalue weighted by Crippen LogP contribution is -2.30. The summed E-state index contributed by atoms with van der Waals surface area (Å²) in [7, 11) is 0. The number of carbonyl (C=O) groups is 1. The molecule has 1 amide bonds. The number of phenolic OH excluding ortho intramolecular Hbond substituents is 1. The Labute approximate surface area is 102 Å². The summed E-state index contributed by atoms with van der Waals surface area (Å²) < 4.78 is 0. The molecule has 0 aliphatic heterocycles. The van der Waals surface area contributed by atoms with Crippen molar-refractivity contribution in [3.8, 4) is 5.75 Å². The second kappa shape index (κ2) is 6.25. The highest BCUT2D eigenvalue weighted by Crippen LogP contribution is 2.20. The van der Waals surface area contributed by atoms with E-state index < -0.39 is 0 Å². The fraction of sp³-hybridized carbons (Fsp3) is 0.462. The predicted molar refractivity (Wildman–Crippen MR) is 69.2 cm³/mol. The zero-order chi connectivity index (χ0) is 12.8. The van der Waals surface area contributed by atoms with Crippen LogP contribution in [0.2, 0.25) is 0 Å². The van der Waals surface area contributed by atoms with Crippen LogP contribution >= 0.6 is 0 Å². The molecule has 0 spiro atoms. The van der Waals surface area contributed by atoms with E-state index in [1.54, 1.807) is 18.2 Å². The van der Waals surface area contributed by atoms with Crippen LogP contribution in [0.5, 0.6) is 5.75 Å². The third kappa shape index (κ3) is 4.44. The number of hydrogen-bond donors (Lipinski definition) is 3. The quantitative estimate of drug-likeness (QED) is 0.685. The molecule has 94 valence electrons. The Balaban J connectivity index is 2.56. The first-order chi connectivity index (χ1) is 8.02. The molecule has 4 heteroatoms. The number of carbonyl (C=O) groups excluding carboxylic acids is 1. The number of benzene rings is 1. The first kappa shape index (κ1) is 13.5. The average molecular weight is 236 g/mol. The molecule has 0 saturated carbocycles. The molecule has 0 radical (unpaired) electrons. The molecule has 3 N–H and O–H groups in total. The van der Waals surface area contributed by atoms with Crippen LogP contribution in [0, 0.1) is 6.92 Å². The Hall–Kier alpha value is -1.55. The first-order valence-corrected chi connectivity index (χ1v) is 5.85. The van der Waals surface area contributed by atoms with Gasteiger partial charge in [0.1, 0.15) is 5.75 Å². The van der Waals surface area contributed by atoms with Crippen molar-refractivity contribution in [2.24, 2.45) is 0 Å². The van der Waals surface area contributed by atoms with E-state index in [2.05, 4.69) is 10.6 Å². The zero-order valence-electron chi connectivity index (χ0n) is 10.6. The van der Waals surface area contributed by atoms with Crippen molar-refractivity contribution < 1.29 is 9.90 Å². The molecule has 0 fully saturated rings. The number of hydrogen-bond acceptors (Lipinski definition) is 3. The van der Waals surface area contributed by atoms with Gasteiger partial charge in [-0.25, -0.2) is 0 Å². The second-order valence-corrected chi connectivity index (χ2v) is 4.21. The summed E-state index contributed by atoms with van der Waals surface area (Å²) in [6, 6.07) is 5.07. The minimum Gasteiger partial charge on any atom is -0.508 e. The van der Waals surface area contributed by atoms with Gasteiger partial charge in [-0.3, -0.25) is 4.79 Å². The second-order valence-electron chi connectivity index (χ2n) is 4.21. The van der Waals surface area contributed by atoms with Crippen LogP contribution in [0.1, 0.15) is 25.8 Å². The van der Waals surface area contributed by atoms with E-state index in [1.165, 1.54) is 0 Å². The number of nitrogens with one attached hydrogen (secondary N) is 2. The minimum absolute atomic E-state index is 0.0211. The lowest BCUT2D eigenvalue weighted by atomic mass is 10.1. The summed E-state index contributed by atoms with van der Waals surface area (Å²) in [6.07, 6.45) is 0.439. The van der Waals surface area contributed by atoms with Gasteiger partial charge in [0.15, 0.2) is 0 Å². The molecule has 1 aromatic carbocycles. The average Bonchev–Trinajstić information content (AvgIpc) is 2.22. The van der Waals surface area contributed by atoms with Crippen LogP contribution in [-0.4, -0.2) is 23.6 Å². The Morgan fingerprint density at radius 3 is 2.76 bits per heavy atom. The van der Waals surface area contributed by atoms with E-state index in [-0.39, 0.29) is 17.7 Å². The summed E-state index contributed by atoms with van der Waals surface area (Å²) in [5, 5.41) is 15.3. The van der Waals surface area contributed by atoms with E-state index in [1.807, 2.05) is 20.8 Å². The molecule has 0 bridgehead atoms. The van der Waals surface area contributed by atoms with Crippen LogP contribution in [0.3, 0.4) is 0 Å². The van der Waals surface area contributed by atoms with Gasteiger partial charge in [-0.15, -0.1) is 0 Å². The Morgan fingerprint density at radius 1 is 1.47 bits per heavy atom. The van der Waals surface area contributed by atoms with Gasteiger partial charge in [0.2, 0.25) is 5.91 Å². The molecular weight excluding hydrogens is 216 g/mol. The molecule has 0 heterocycles. The van der Waals surface area contributed by atoms with E-state index in [0.717, 1.165) is 17.8 Å². The summed E-state index contributed by atoms with van der Waals surface area (Å²) in [4.78, 5) is 11.7. The van der Waals surface area contributed by atoms with Gasteiger partial charge >= 0.3 is 0 Å². The van der Waals surface area contributed by atoms with Crippen LogP contribution in [0.25, 0.3) is 0 Å². The molecule has 1 aromatic rings. The lowest BCUT2D eigenvalue weighted by Gasteiger charge is -2.13. The smallest absolute Gasteiger partial charge is 0.225 e. The molecule has 1 unspecified atom stereocenters. The van der Waals surface area contributed by atoms with Crippen molar-refractivity contribution in [3.63, 3.8) is 0 Å². The first-order valence-electron chi connectivity index (χ1n) is 5.85. The van der Waals surface area contributed by atoms with Gasteiger partial charge in [-0.05, 0) is 44.2 Å². The molecule has 0 aliphatic carbocycles. The molecule has 0 aliphatic rings. The molecule has 1 atom stereocenters. The van der Waals surface area contributed by atoms with Crippen molar-refractivity contribution in [2.75, 3.05) is 11.9 Å². The number of amides is 1. The van der Waals surface area contributed by atoms with E-state index in [0.29, 0.717) is 6.42 Å². The van der Waals surface area contributed by atoms with Crippen molar-refractivity contribution in [1.29, 1.82) is 0 Å². The molecule has 4 nitrogen and oxygen atoms in total. The Kier molecular flexibility index (Phi) is 4.97. The Bertz CT molecular complexity index is 391. The van der Waals surface area contributed by atoms with Gasteiger partial charge < -0.3 is 15.7 Å². The molecule has 0 aromatic heterocycles. The predicted octanol–water partition coefficient (Wildman–Crippen LogP) is 2.03. The highest BCUT2D eigenvalue weighted by atomic mass is 16.3. The van der Waals surface area contributed by atoms with E-state index in [9.17, 15) is 9.90 Å². The third-order valence-corrected chi connectivity index (χ3v) is 2.53. The van der Waals surface area contributed by atoms with Crippen LogP contribution in [0.4, 0.5) is 5.69 Å². The van der Waals surface area contributed by atoms with E-state index >= 15 is 0 Å². The summed E-state index contributed by atoms with van der Waals surface area (Å²) in [6.45, 7) is 6.70. The zero-order valence-corrected chi connectivity index (χ0v) is 10.6. The van der Waals surface area contributed by atoms with Gasteiger partial charge in [0.25, 0.3) is 0 Å². The van der Waals surface area contributed by atoms with Crippen LogP contribution in [0.15, 0.2) is 18.2 Å². The highest BCUT2D eigenvalue weighted by molar-refractivity contribution is 5.91. The number of phenols is 1. The monoisotopic (exact) mass is 236 g/mol. The Morgan fingerprint density at radius 2 is 2.18 bits per heavy atom. The fourth-order valence-electron chi connectivity index (χ4n) is 1.69. The highest BCUT2D eigenvalue weighted by Gasteiger charge is 2.09. The maximum absolute atomic E-state index is 11.7. The molecule has 17 heavy (non-hydrogen) atoms. The topological polar surface area (TPSA) is 61.4 Å². The standard InChI is InChI=1S/C13H20N2O2/c1-4-14-10(3)8-13(17)15-12-6-5-11(16)7-9(12)2/h5-7,10,14,16H,4,8H2,1-3H3,(H,15,17). The van der Waals surface area contributed by atoms with Gasteiger partial charge in [0, 0.05) is 18.2 Å². The SMILES string of the molecule is CCNC(C)CC(=O)Nc1ccc(O)cc1C. The van der Waals surface area contributed by atoms with Gasteiger partial charge in [-0.2, -0.15) is 0 Å². The number of rotatable bonds is 5. The minimum atomic E-state index is -0.0211. The summed E-state index contributed by atoms with van der Waals surface area (Å²) >= 11 is 0. The molecule has 1 rings (SSSR count). The van der Waals surface area contributed by atoms with Crippen molar-refractivity contribution in [3.05, 3.63) is 23.8 Å². The maximum Gasteiger partial charge on any atom is 0.225 e. The summed E-state index contributed by atoms with van der Waals surface area (Å²) in [5.74, 6) is 0.189. The normalized spacial score (nSPS) is 12.2. The molecule has 0 saturated heterocycles. The van der Waals surface area contributed by atoms with Gasteiger partial charge in [-0.1, -0.05) is 6.92 Å². The fourth-order valence-corrected chi connectivity index (χ4v) is 1.69. The number of aryl methyl sites for hydroxylation is 1. The lowest BCUT2D eigenvalue weighted by molar-refractivity contribution is -0.116. The van der Waals surface area contributed by atoms with Crippen LogP contribution < -0.4 is 10.6 Å². The van der Waals surface area contributed by atoms with Crippen molar-refractivity contribution in [2.45, 2.75) is 33.2 Å². The number of aromatic hydroxyl groups is 1. The largest absolute Gasteiger partial charge is 0.508 e. The third-order valence-electron chi connectivity index (χ3n) is 2.53. The summed E-state index contributed by atoms with van der Waals surface area (Å²) in [5.41, 5.74) is 1.60. The van der Waals surface area contributed by atoms with Crippen LogP contribution in [-0.2, 0) is 4.79 Å². The van der Waals surface area contributed by atoms with Crippen molar-refractivity contribution >= 4 is 11.6 Å².